The van der Waals surface area contributed by atoms with Crippen molar-refractivity contribution in [3.8, 4) is 0 Å². The number of Topliss-reactive ketones (excluding diaryl/α,β-unsaturated/α-hetero) is 1. The van der Waals surface area contributed by atoms with Gasteiger partial charge in [0.05, 0.1) is 12.4 Å². The van der Waals surface area contributed by atoms with Crippen LogP contribution in [0.5, 0.6) is 0 Å². The first-order valence-corrected chi connectivity index (χ1v) is 7.60. The maximum atomic E-state index is 12.1. The maximum absolute atomic E-state index is 12.1. The summed E-state index contributed by atoms with van der Waals surface area (Å²) in [6.45, 7) is 6.03. The minimum absolute atomic E-state index is 0.00349. The summed E-state index contributed by atoms with van der Waals surface area (Å²) in [5.41, 5.74) is -1.19. The summed E-state index contributed by atoms with van der Waals surface area (Å²) < 4.78 is 5.47. The molecule has 0 bridgehead atoms. The Morgan fingerprint density at radius 1 is 1.72 bits per heavy atom. The summed E-state index contributed by atoms with van der Waals surface area (Å²) in [6.07, 6.45) is 4.78. The maximum Gasteiger partial charge on any atom is 0.220 e. The predicted octanol–water partition coefficient (Wildman–Crippen LogP) is 2.72. The molecule has 18 heavy (non-hydrogen) atoms. The summed E-state index contributed by atoms with van der Waals surface area (Å²) in [6, 6.07) is 0. The largest absolute Gasteiger partial charge is 0.479 e. The van der Waals surface area contributed by atoms with Gasteiger partial charge in [-0.1, -0.05) is 17.8 Å². The lowest BCUT2D eigenvalue weighted by Gasteiger charge is -2.27. The van der Waals surface area contributed by atoms with Gasteiger partial charge in [0.25, 0.3) is 0 Å². The average molecular weight is 288 g/mol. The number of hydrogen-bond donors (Lipinski definition) is 1. The van der Waals surface area contributed by atoms with E-state index in [-0.39, 0.29) is 17.5 Å². The molecule has 3 nitrogen and oxygen atoms in total. The van der Waals surface area contributed by atoms with Gasteiger partial charge in [-0.2, -0.15) is 0 Å². The predicted molar refractivity (Wildman–Crippen MR) is 78.8 cm³/mol. The average Bonchev–Trinajstić information content (AvgIpc) is 2.70. The van der Waals surface area contributed by atoms with E-state index < -0.39 is 5.60 Å². The molecule has 0 radical (unpaired) electrons. The molecule has 0 aromatic carbocycles. The summed E-state index contributed by atoms with van der Waals surface area (Å²) in [7, 11) is 0. The van der Waals surface area contributed by atoms with Crippen LogP contribution < -0.4 is 0 Å². The molecule has 0 aromatic rings. The van der Waals surface area contributed by atoms with Gasteiger partial charge in [0.15, 0.2) is 5.78 Å². The van der Waals surface area contributed by atoms with E-state index in [1.54, 1.807) is 6.08 Å². The molecule has 1 fully saturated rings. The minimum Gasteiger partial charge on any atom is -0.479 e. The number of carbonyl (C=O) groups excluding carboxylic acids is 1. The van der Waals surface area contributed by atoms with Gasteiger partial charge in [0.1, 0.15) is 5.60 Å². The highest BCUT2D eigenvalue weighted by molar-refractivity contribution is 8.23. The molecule has 1 N–H and O–H groups in total. The lowest BCUT2D eigenvalue weighted by molar-refractivity contribution is -0.138. The Hall–Kier alpha value is -0.390. The van der Waals surface area contributed by atoms with Gasteiger partial charge in [0.2, 0.25) is 4.38 Å². The molecule has 102 valence electrons. The standard InChI is InChI=1S/C13H20O3S2/c1-3-6-10-7-5-8-13(10,15)11(14)9-18-12(17)16-4-2/h3,10,15H,1,4-9H2,2H3/t10-,13-/m0/s1. The van der Waals surface area contributed by atoms with Crippen LogP contribution in [0.15, 0.2) is 12.7 Å². The van der Waals surface area contributed by atoms with Crippen LogP contribution in [-0.4, -0.2) is 33.2 Å². The number of ether oxygens (including phenoxy) is 1. The number of rotatable bonds is 6. The first kappa shape index (κ1) is 15.7. The summed E-state index contributed by atoms with van der Waals surface area (Å²) in [4.78, 5) is 12.1. The van der Waals surface area contributed by atoms with E-state index in [2.05, 4.69) is 6.58 Å². The monoisotopic (exact) mass is 288 g/mol. The van der Waals surface area contributed by atoms with Crippen molar-refractivity contribution in [2.24, 2.45) is 5.92 Å². The summed E-state index contributed by atoms with van der Waals surface area (Å²) in [5.74, 6) is 0.0471. The third kappa shape index (κ3) is 3.80. The van der Waals surface area contributed by atoms with Crippen molar-refractivity contribution in [3.63, 3.8) is 0 Å². The van der Waals surface area contributed by atoms with Crippen molar-refractivity contribution in [2.45, 2.75) is 38.2 Å². The highest BCUT2D eigenvalue weighted by atomic mass is 32.2. The second-order valence-corrected chi connectivity index (χ2v) is 6.01. The third-order valence-electron chi connectivity index (χ3n) is 3.30. The van der Waals surface area contributed by atoms with Crippen molar-refractivity contribution in [3.05, 3.63) is 12.7 Å². The molecule has 5 heteroatoms. The van der Waals surface area contributed by atoms with Gasteiger partial charge < -0.3 is 9.84 Å². The van der Waals surface area contributed by atoms with Crippen LogP contribution in [0.2, 0.25) is 0 Å². The molecule has 0 amide bonds. The number of thioether (sulfide) groups is 1. The molecule has 0 aliphatic heterocycles. The molecular formula is C13H20O3S2. The molecule has 1 aliphatic rings. The number of aliphatic hydroxyl groups is 1. The Labute approximate surface area is 118 Å². The van der Waals surface area contributed by atoms with Crippen molar-refractivity contribution in [2.75, 3.05) is 12.4 Å². The summed E-state index contributed by atoms with van der Waals surface area (Å²) >= 11 is 6.14. The van der Waals surface area contributed by atoms with Crippen molar-refractivity contribution >= 4 is 34.1 Å². The van der Waals surface area contributed by atoms with E-state index in [4.69, 9.17) is 17.0 Å². The molecule has 0 aromatic heterocycles. The van der Waals surface area contributed by atoms with E-state index in [1.807, 2.05) is 6.92 Å². The van der Waals surface area contributed by atoms with Crippen molar-refractivity contribution < 1.29 is 14.6 Å². The Balaban J connectivity index is 2.53. The highest BCUT2D eigenvalue weighted by Gasteiger charge is 2.45. The Morgan fingerprint density at radius 3 is 3.06 bits per heavy atom. The molecule has 0 saturated heterocycles. The molecule has 1 saturated carbocycles. The number of carbonyl (C=O) groups is 1. The van der Waals surface area contributed by atoms with Crippen LogP contribution in [-0.2, 0) is 9.53 Å². The molecule has 0 heterocycles. The van der Waals surface area contributed by atoms with Crippen LogP contribution in [0.25, 0.3) is 0 Å². The van der Waals surface area contributed by atoms with Gasteiger partial charge >= 0.3 is 0 Å². The van der Waals surface area contributed by atoms with E-state index in [0.29, 0.717) is 23.8 Å². The number of ketones is 1. The van der Waals surface area contributed by atoms with Crippen molar-refractivity contribution in [1.29, 1.82) is 0 Å². The Kier molecular flexibility index (Phi) is 6.32. The second kappa shape index (κ2) is 7.26. The fourth-order valence-corrected chi connectivity index (χ4v) is 3.35. The van der Waals surface area contributed by atoms with Crippen LogP contribution in [0.3, 0.4) is 0 Å². The van der Waals surface area contributed by atoms with E-state index >= 15 is 0 Å². The zero-order valence-corrected chi connectivity index (χ0v) is 12.3. The van der Waals surface area contributed by atoms with Crippen LogP contribution >= 0.6 is 24.0 Å². The van der Waals surface area contributed by atoms with Gasteiger partial charge in [-0.3, -0.25) is 4.79 Å². The van der Waals surface area contributed by atoms with Gasteiger partial charge in [-0.15, -0.1) is 6.58 Å². The number of allylic oxidation sites excluding steroid dienone is 1. The van der Waals surface area contributed by atoms with Crippen molar-refractivity contribution in [1.82, 2.24) is 0 Å². The molecule has 2 atom stereocenters. The smallest absolute Gasteiger partial charge is 0.220 e. The zero-order valence-electron chi connectivity index (χ0n) is 10.7. The minimum atomic E-state index is -1.19. The SMILES string of the molecule is C=CC[C@H]1CCC[C@@]1(O)C(=O)CSC(=S)OCC. The first-order valence-electron chi connectivity index (χ1n) is 6.20. The second-order valence-electron chi connectivity index (χ2n) is 4.43. The van der Waals surface area contributed by atoms with Gasteiger partial charge in [-0.25, -0.2) is 0 Å². The highest BCUT2D eigenvalue weighted by Crippen LogP contribution is 2.39. The quantitative estimate of drug-likeness (QED) is 0.601. The van der Waals surface area contributed by atoms with E-state index in [1.165, 1.54) is 11.8 Å². The molecule has 1 rings (SSSR count). The van der Waals surface area contributed by atoms with Crippen LogP contribution in [0, 0.1) is 5.92 Å². The van der Waals surface area contributed by atoms with E-state index in [9.17, 15) is 9.90 Å². The Bertz CT molecular complexity index is 330. The molecule has 1 aliphatic carbocycles. The number of hydrogen-bond acceptors (Lipinski definition) is 5. The molecular weight excluding hydrogens is 268 g/mol. The zero-order chi connectivity index (χ0) is 13.6. The first-order chi connectivity index (χ1) is 8.54. The van der Waals surface area contributed by atoms with E-state index in [0.717, 1.165) is 12.8 Å². The third-order valence-corrected chi connectivity index (χ3v) is 4.53. The molecule has 0 unspecified atom stereocenters. The lowest BCUT2D eigenvalue weighted by atomic mass is 9.85. The van der Waals surface area contributed by atoms with Crippen LogP contribution in [0.4, 0.5) is 0 Å². The summed E-state index contributed by atoms with van der Waals surface area (Å²) in [5, 5.41) is 10.5. The van der Waals surface area contributed by atoms with Gasteiger partial charge in [-0.05, 0) is 50.7 Å². The number of thiocarbonyl (C=S) groups is 1. The normalized spacial score (nSPS) is 26.9. The van der Waals surface area contributed by atoms with Gasteiger partial charge in [0, 0.05) is 0 Å². The lowest BCUT2D eigenvalue weighted by Crippen LogP contribution is -2.43. The van der Waals surface area contributed by atoms with Crippen LogP contribution in [0.1, 0.15) is 32.6 Å². The fourth-order valence-electron chi connectivity index (χ4n) is 2.35. The topological polar surface area (TPSA) is 46.5 Å². The molecule has 0 spiro atoms. The fraction of sp³-hybridized carbons (Fsp3) is 0.692. The Morgan fingerprint density at radius 2 is 2.44 bits per heavy atom.